The Kier molecular flexibility index (Phi) is 3.47. The average Bonchev–Trinajstić information content (AvgIpc) is 2.85. The molecule has 0 aromatic carbocycles. The Labute approximate surface area is 92.1 Å². The summed E-state index contributed by atoms with van der Waals surface area (Å²) in [4.78, 5) is 0. The molecule has 0 radical (unpaired) electrons. The highest BCUT2D eigenvalue weighted by molar-refractivity contribution is 5.10. The molecule has 1 N–H and O–H groups in total. The molecule has 2 heteroatoms. The molecule has 3 unspecified atom stereocenters. The van der Waals surface area contributed by atoms with Crippen LogP contribution in [0.1, 0.15) is 44.7 Å². The average molecular weight is 207 g/mol. The van der Waals surface area contributed by atoms with Crippen molar-refractivity contribution in [1.82, 2.24) is 5.32 Å². The van der Waals surface area contributed by atoms with Crippen LogP contribution in [0.2, 0.25) is 0 Å². The van der Waals surface area contributed by atoms with Crippen molar-refractivity contribution < 1.29 is 4.42 Å². The molecule has 1 saturated carbocycles. The van der Waals surface area contributed by atoms with Crippen LogP contribution < -0.4 is 5.32 Å². The van der Waals surface area contributed by atoms with Gasteiger partial charge in [0.1, 0.15) is 0 Å². The fraction of sp³-hybridized carbons (Fsp3) is 0.692. The molecule has 3 atom stereocenters. The predicted octanol–water partition coefficient (Wildman–Crippen LogP) is 3.37. The van der Waals surface area contributed by atoms with Gasteiger partial charge in [-0.25, -0.2) is 0 Å². The van der Waals surface area contributed by atoms with Crippen molar-refractivity contribution in [3.8, 4) is 0 Å². The van der Waals surface area contributed by atoms with E-state index in [1.807, 2.05) is 12.3 Å². The highest BCUT2D eigenvalue weighted by Crippen LogP contribution is 2.30. The zero-order valence-corrected chi connectivity index (χ0v) is 9.70. The molecule has 1 aliphatic rings. The van der Waals surface area contributed by atoms with E-state index in [2.05, 4.69) is 19.2 Å². The van der Waals surface area contributed by atoms with Crippen LogP contribution in [-0.4, -0.2) is 6.54 Å². The van der Waals surface area contributed by atoms with Crippen LogP contribution in [0.15, 0.2) is 23.0 Å². The van der Waals surface area contributed by atoms with Gasteiger partial charge < -0.3 is 9.73 Å². The standard InChI is InChI=1S/C13H21NO/c1-10-4-3-5-12(10)8-14-11(2)13-6-7-15-9-13/h6-7,9-12,14H,3-5,8H2,1-2H3. The Morgan fingerprint density at radius 3 is 3.00 bits per heavy atom. The highest BCUT2D eigenvalue weighted by atomic mass is 16.3. The van der Waals surface area contributed by atoms with E-state index in [1.165, 1.54) is 24.8 Å². The smallest absolute Gasteiger partial charge is 0.0950 e. The van der Waals surface area contributed by atoms with Crippen LogP contribution in [0.25, 0.3) is 0 Å². The summed E-state index contributed by atoms with van der Waals surface area (Å²) in [5, 5.41) is 3.60. The second kappa shape index (κ2) is 4.84. The minimum Gasteiger partial charge on any atom is -0.472 e. The van der Waals surface area contributed by atoms with Crippen molar-refractivity contribution in [2.24, 2.45) is 11.8 Å². The maximum absolute atomic E-state index is 5.09. The molecule has 2 rings (SSSR count). The Balaban J connectivity index is 1.78. The lowest BCUT2D eigenvalue weighted by Gasteiger charge is -2.19. The third-order valence-electron chi connectivity index (χ3n) is 3.77. The van der Waals surface area contributed by atoms with Gasteiger partial charge in [0, 0.05) is 11.6 Å². The van der Waals surface area contributed by atoms with Crippen LogP contribution in [0.5, 0.6) is 0 Å². The minimum absolute atomic E-state index is 0.413. The van der Waals surface area contributed by atoms with Crippen molar-refractivity contribution in [1.29, 1.82) is 0 Å². The summed E-state index contributed by atoms with van der Waals surface area (Å²) < 4.78 is 5.09. The fourth-order valence-corrected chi connectivity index (χ4v) is 2.49. The molecule has 84 valence electrons. The van der Waals surface area contributed by atoms with Crippen LogP contribution in [0.4, 0.5) is 0 Å². The lowest BCUT2D eigenvalue weighted by atomic mass is 9.98. The normalized spacial score (nSPS) is 28.1. The first-order valence-electron chi connectivity index (χ1n) is 6.03. The zero-order chi connectivity index (χ0) is 10.7. The summed E-state index contributed by atoms with van der Waals surface area (Å²) in [5.41, 5.74) is 1.25. The second-order valence-corrected chi connectivity index (χ2v) is 4.85. The van der Waals surface area contributed by atoms with E-state index in [9.17, 15) is 0 Å². The predicted molar refractivity (Wildman–Crippen MR) is 61.6 cm³/mol. The molecule has 0 bridgehead atoms. The van der Waals surface area contributed by atoms with Gasteiger partial charge in [-0.15, -0.1) is 0 Å². The van der Waals surface area contributed by atoms with Gasteiger partial charge in [-0.3, -0.25) is 0 Å². The molecule has 0 spiro atoms. The van der Waals surface area contributed by atoms with E-state index in [0.29, 0.717) is 6.04 Å². The molecular formula is C13H21NO. The van der Waals surface area contributed by atoms with Gasteiger partial charge in [-0.1, -0.05) is 19.8 Å². The van der Waals surface area contributed by atoms with Crippen molar-refractivity contribution in [2.75, 3.05) is 6.54 Å². The summed E-state index contributed by atoms with van der Waals surface area (Å²) in [6.45, 7) is 5.72. The largest absolute Gasteiger partial charge is 0.472 e. The van der Waals surface area contributed by atoms with E-state index < -0.39 is 0 Å². The number of rotatable bonds is 4. The molecular weight excluding hydrogens is 186 g/mol. The molecule has 0 aliphatic heterocycles. The van der Waals surface area contributed by atoms with Crippen LogP contribution in [-0.2, 0) is 0 Å². The van der Waals surface area contributed by atoms with Gasteiger partial charge in [0.2, 0.25) is 0 Å². The number of nitrogens with one attached hydrogen (secondary N) is 1. The van der Waals surface area contributed by atoms with Gasteiger partial charge in [-0.2, -0.15) is 0 Å². The van der Waals surface area contributed by atoms with Crippen molar-refractivity contribution >= 4 is 0 Å². The summed E-state index contributed by atoms with van der Waals surface area (Å²) >= 11 is 0. The minimum atomic E-state index is 0.413. The summed E-state index contributed by atoms with van der Waals surface area (Å²) in [6.07, 6.45) is 7.79. The van der Waals surface area contributed by atoms with Crippen LogP contribution in [0, 0.1) is 11.8 Å². The molecule has 1 heterocycles. The maximum Gasteiger partial charge on any atom is 0.0950 e. The quantitative estimate of drug-likeness (QED) is 0.819. The highest BCUT2D eigenvalue weighted by Gasteiger charge is 2.23. The van der Waals surface area contributed by atoms with E-state index in [0.717, 1.165) is 18.4 Å². The first-order chi connectivity index (χ1) is 7.27. The number of furan rings is 1. The van der Waals surface area contributed by atoms with Crippen molar-refractivity contribution in [3.63, 3.8) is 0 Å². The first-order valence-corrected chi connectivity index (χ1v) is 6.03. The summed E-state index contributed by atoms with van der Waals surface area (Å²) in [5.74, 6) is 1.77. The van der Waals surface area contributed by atoms with Gasteiger partial charge in [0.05, 0.1) is 12.5 Å². The van der Waals surface area contributed by atoms with Crippen molar-refractivity contribution in [2.45, 2.75) is 39.2 Å². The first kappa shape index (κ1) is 10.7. The Morgan fingerprint density at radius 2 is 2.40 bits per heavy atom. The molecule has 1 fully saturated rings. The molecule has 15 heavy (non-hydrogen) atoms. The molecule has 1 aliphatic carbocycles. The molecule has 1 aromatic heterocycles. The Morgan fingerprint density at radius 1 is 1.53 bits per heavy atom. The molecule has 2 nitrogen and oxygen atoms in total. The lowest BCUT2D eigenvalue weighted by Crippen LogP contribution is -2.26. The monoisotopic (exact) mass is 207 g/mol. The molecule has 0 amide bonds. The van der Waals surface area contributed by atoms with Gasteiger partial charge in [0.25, 0.3) is 0 Å². The third kappa shape index (κ3) is 2.63. The Bertz CT molecular complexity index is 281. The number of hydrogen-bond donors (Lipinski definition) is 1. The van der Waals surface area contributed by atoms with Gasteiger partial charge >= 0.3 is 0 Å². The zero-order valence-electron chi connectivity index (χ0n) is 9.70. The van der Waals surface area contributed by atoms with Gasteiger partial charge in [-0.05, 0) is 37.8 Å². The second-order valence-electron chi connectivity index (χ2n) is 4.85. The van der Waals surface area contributed by atoms with Crippen molar-refractivity contribution in [3.05, 3.63) is 24.2 Å². The lowest BCUT2D eigenvalue weighted by molar-refractivity contribution is 0.374. The molecule has 0 saturated heterocycles. The topological polar surface area (TPSA) is 25.2 Å². The SMILES string of the molecule is CC(NCC1CCCC1C)c1ccoc1. The third-order valence-corrected chi connectivity index (χ3v) is 3.77. The van der Waals surface area contributed by atoms with Gasteiger partial charge in [0.15, 0.2) is 0 Å². The molecule has 1 aromatic rings. The Hall–Kier alpha value is -0.760. The van der Waals surface area contributed by atoms with E-state index in [-0.39, 0.29) is 0 Å². The maximum atomic E-state index is 5.09. The summed E-state index contributed by atoms with van der Waals surface area (Å²) in [7, 11) is 0. The van der Waals surface area contributed by atoms with E-state index >= 15 is 0 Å². The summed E-state index contributed by atoms with van der Waals surface area (Å²) in [6, 6.07) is 2.45. The van der Waals surface area contributed by atoms with Crippen LogP contribution >= 0.6 is 0 Å². The van der Waals surface area contributed by atoms with E-state index in [4.69, 9.17) is 4.42 Å². The van der Waals surface area contributed by atoms with E-state index in [1.54, 1.807) is 6.26 Å². The van der Waals surface area contributed by atoms with Crippen LogP contribution in [0.3, 0.4) is 0 Å². The fourth-order valence-electron chi connectivity index (χ4n) is 2.49. The number of hydrogen-bond acceptors (Lipinski definition) is 2.